The fraction of sp³-hybridized carbons (Fsp3) is 0.381. The molecular weight excluding hydrogens is 410 g/mol. The van der Waals surface area contributed by atoms with Crippen molar-refractivity contribution in [3.8, 4) is 5.69 Å². The lowest BCUT2D eigenvalue weighted by Crippen LogP contribution is -2.34. The number of carbonyl (C=O) groups excluding carboxylic acids is 1. The van der Waals surface area contributed by atoms with Gasteiger partial charge in [-0.2, -0.15) is 5.10 Å². The van der Waals surface area contributed by atoms with Crippen molar-refractivity contribution < 1.29 is 14.7 Å². The van der Waals surface area contributed by atoms with Gasteiger partial charge in [0.25, 0.3) is 0 Å². The van der Waals surface area contributed by atoms with Crippen LogP contribution in [0.5, 0.6) is 0 Å². The molecule has 29 heavy (non-hydrogen) atoms. The van der Waals surface area contributed by atoms with E-state index in [2.05, 4.69) is 18.3 Å². The zero-order valence-corrected chi connectivity index (χ0v) is 18.2. The first-order valence-corrected chi connectivity index (χ1v) is 10.9. The van der Waals surface area contributed by atoms with Crippen molar-refractivity contribution >= 4 is 35.2 Å². The van der Waals surface area contributed by atoms with E-state index in [-0.39, 0.29) is 29.4 Å². The molecule has 6 nitrogen and oxygen atoms in total. The van der Waals surface area contributed by atoms with Gasteiger partial charge in [0.2, 0.25) is 5.91 Å². The number of carboxylic acids is 1. The molecule has 2 aromatic rings. The maximum Gasteiger partial charge on any atom is 0.313 e. The average molecular weight is 434 g/mol. The molecular formula is C21H24ClN3O3S. The summed E-state index contributed by atoms with van der Waals surface area (Å²) in [6, 6.07) is 5.71. The highest BCUT2D eigenvalue weighted by Crippen LogP contribution is 2.34. The highest BCUT2D eigenvalue weighted by Gasteiger charge is 2.27. The van der Waals surface area contributed by atoms with E-state index in [1.54, 1.807) is 0 Å². The van der Waals surface area contributed by atoms with E-state index in [1.807, 2.05) is 42.8 Å². The van der Waals surface area contributed by atoms with Gasteiger partial charge in [-0.05, 0) is 51.0 Å². The summed E-state index contributed by atoms with van der Waals surface area (Å²) in [5.41, 5.74) is 5.28. The highest BCUT2D eigenvalue weighted by molar-refractivity contribution is 8.00. The molecule has 1 amide bonds. The van der Waals surface area contributed by atoms with Crippen molar-refractivity contribution in [2.45, 2.75) is 39.2 Å². The predicted molar refractivity (Wildman–Crippen MR) is 116 cm³/mol. The van der Waals surface area contributed by atoms with E-state index >= 15 is 0 Å². The van der Waals surface area contributed by atoms with Gasteiger partial charge in [-0.3, -0.25) is 9.59 Å². The van der Waals surface area contributed by atoms with Gasteiger partial charge in [0.1, 0.15) is 0 Å². The molecule has 8 heteroatoms. The molecule has 154 valence electrons. The summed E-state index contributed by atoms with van der Waals surface area (Å²) in [4.78, 5) is 22.6. The Bertz CT molecular complexity index is 970. The number of nitrogens with one attached hydrogen (secondary N) is 1. The molecule has 1 aromatic carbocycles. The van der Waals surface area contributed by atoms with Crippen molar-refractivity contribution in [3.05, 3.63) is 57.9 Å². The lowest BCUT2D eigenvalue weighted by Gasteiger charge is -2.15. The van der Waals surface area contributed by atoms with Gasteiger partial charge in [-0.15, -0.1) is 11.8 Å². The number of benzene rings is 1. The third-order valence-corrected chi connectivity index (χ3v) is 6.15. The fourth-order valence-corrected chi connectivity index (χ4v) is 4.55. The number of halogens is 1. The number of amides is 1. The summed E-state index contributed by atoms with van der Waals surface area (Å²) in [7, 11) is 0. The first-order chi connectivity index (χ1) is 13.8. The third kappa shape index (κ3) is 5.03. The van der Waals surface area contributed by atoms with Crippen LogP contribution in [0, 0.1) is 20.8 Å². The summed E-state index contributed by atoms with van der Waals surface area (Å²) in [6.07, 6.45) is 4.89. The summed E-state index contributed by atoms with van der Waals surface area (Å²) >= 11 is 7.18. The summed E-state index contributed by atoms with van der Waals surface area (Å²) in [6.45, 7) is 6.08. The van der Waals surface area contributed by atoms with E-state index in [0.717, 1.165) is 40.8 Å². The zero-order chi connectivity index (χ0) is 21.1. The molecule has 2 atom stereocenters. The van der Waals surface area contributed by atoms with Crippen LogP contribution < -0.4 is 5.32 Å². The smallest absolute Gasteiger partial charge is 0.313 e. The molecule has 0 saturated carbocycles. The topological polar surface area (TPSA) is 84.2 Å². The fourth-order valence-electron chi connectivity index (χ4n) is 3.78. The van der Waals surface area contributed by atoms with Crippen molar-refractivity contribution in [2.75, 3.05) is 11.5 Å². The number of allylic oxidation sites excluding steroid dienone is 1. The molecule has 3 rings (SSSR count). The number of carbonyl (C=O) groups is 2. The van der Waals surface area contributed by atoms with Gasteiger partial charge in [0, 0.05) is 28.2 Å². The van der Waals surface area contributed by atoms with E-state index in [1.165, 1.54) is 5.56 Å². The van der Waals surface area contributed by atoms with Crippen LogP contribution in [-0.2, 0) is 9.59 Å². The molecule has 0 unspecified atom stereocenters. The number of aromatic nitrogens is 2. The molecule has 1 aliphatic carbocycles. The minimum absolute atomic E-state index is 0.0580. The van der Waals surface area contributed by atoms with Crippen LogP contribution in [-0.4, -0.2) is 44.3 Å². The second-order valence-corrected chi connectivity index (χ2v) is 8.64. The minimum Gasteiger partial charge on any atom is -0.481 e. The summed E-state index contributed by atoms with van der Waals surface area (Å²) in [5, 5.41) is 17.1. The van der Waals surface area contributed by atoms with E-state index < -0.39 is 5.97 Å². The molecule has 0 spiro atoms. The number of thioether (sulfide) groups is 1. The quantitative estimate of drug-likeness (QED) is 0.649. The molecule has 0 fully saturated rings. The number of rotatable bonds is 7. The Morgan fingerprint density at radius 3 is 2.72 bits per heavy atom. The summed E-state index contributed by atoms with van der Waals surface area (Å²) in [5.74, 6) is -0.811. The number of carboxylic acid groups (broad SMARTS) is 1. The number of hydrogen-bond donors (Lipinski definition) is 2. The largest absolute Gasteiger partial charge is 0.481 e. The Balaban J connectivity index is 1.69. The number of hydrogen-bond acceptors (Lipinski definition) is 4. The van der Waals surface area contributed by atoms with Crippen LogP contribution >= 0.6 is 23.4 Å². The maximum atomic E-state index is 12.0. The van der Waals surface area contributed by atoms with Crippen LogP contribution in [0.25, 0.3) is 5.69 Å². The highest BCUT2D eigenvalue weighted by atomic mass is 35.5. The Labute approximate surface area is 179 Å². The standard InChI is InChI=1S/C21H24ClN3O3S/c1-12-8-16(22)5-7-18(12)25-14(3)21(13(2)24-25)15-4-6-17(9-15)23-19(26)10-29-11-20(27)28/h4-8,15,17H,9-11H2,1-3H3,(H,23,26)(H,27,28)/t15-,17+/m0/s1. The number of nitrogens with zero attached hydrogens (tertiary/aromatic N) is 2. The van der Waals surface area contributed by atoms with Gasteiger partial charge in [-0.1, -0.05) is 23.8 Å². The SMILES string of the molecule is Cc1cc(Cl)ccc1-n1nc(C)c([C@H]2C=C[C@@H](NC(=O)CSCC(=O)O)C2)c1C. The van der Waals surface area contributed by atoms with Crippen molar-refractivity contribution in [1.82, 2.24) is 15.1 Å². The second kappa shape index (κ2) is 9.05. The lowest BCUT2D eigenvalue weighted by atomic mass is 9.96. The zero-order valence-electron chi connectivity index (χ0n) is 16.6. The predicted octanol–water partition coefficient (Wildman–Crippen LogP) is 3.80. The van der Waals surface area contributed by atoms with Crippen molar-refractivity contribution in [3.63, 3.8) is 0 Å². The van der Waals surface area contributed by atoms with E-state index in [4.69, 9.17) is 21.8 Å². The van der Waals surface area contributed by atoms with Gasteiger partial charge in [-0.25, -0.2) is 4.68 Å². The molecule has 0 bridgehead atoms. The molecule has 2 N–H and O–H groups in total. The first-order valence-electron chi connectivity index (χ1n) is 9.36. The van der Waals surface area contributed by atoms with Crippen LogP contribution in [0.15, 0.2) is 30.4 Å². The molecule has 0 aliphatic heterocycles. The number of aryl methyl sites for hydroxylation is 2. The Kier molecular flexibility index (Phi) is 6.70. The van der Waals surface area contributed by atoms with Gasteiger partial charge in [0.05, 0.1) is 22.9 Å². The maximum absolute atomic E-state index is 12.0. The minimum atomic E-state index is -0.914. The average Bonchev–Trinajstić information content (AvgIpc) is 3.18. The molecule has 0 radical (unpaired) electrons. The van der Waals surface area contributed by atoms with Crippen LogP contribution in [0.4, 0.5) is 0 Å². The van der Waals surface area contributed by atoms with Crippen LogP contribution in [0.1, 0.15) is 34.9 Å². The second-order valence-electron chi connectivity index (χ2n) is 7.21. The van der Waals surface area contributed by atoms with Gasteiger partial charge >= 0.3 is 5.97 Å². The molecule has 1 aliphatic rings. The van der Waals surface area contributed by atoms with Crippen LogP contribution in [0.2, 0.25) is 5.02 Å². The molecule has 0 saturated heterocycles. The van der Waals surface area contributed by atoms with E-state index in [9.17, 15) is 9.59 Å². The summed E-state index contributed by atoms with van der Waals surface area (Å²) < 4.78 is 1.96. The van der Waals surface area contributed by atoms with Crippen LogP contribution in [0.3, 0.4) is 0 Å². The van der Waals surface area contributed by atoms with Gasteiger partial charge < -0.3 is 10.4 Å². The van der Waals surface area contributed by atoms with Gasteiger partial charge in [0.15, 0.2) is 0 Å². The molecule has 1 heterocycles. The third-order valence-electron chi connectivity index (χ3n) is 4.99. The number of aliphatic carboxylic acids is 1. The first kappa shape index (κ1) is 21.5. The van der Waals surface area contributed by atoms with Crippen molar-refractivity contribution in [1.29, 1.82) is 0 Å². The van der Waals surface area contributed by atoms with Crippen molar-refractivity contribution in [2.24, 2.45) is 0 Å². The normalized spacial score (nSPS) is 18.2. The van der Waals surface area contributed by atoms with E-state index in [0.29, 0.717) is 5.02 Å². The molecule has 1 aromatic heterocycles. The Hall–Kier alpha value is -2.25. The Morgan fingerprint density at radius 2 is 2.03 bits per heavy atom. The lowest BCUT2D eigenvalue weighted by molar-refractivity contribution is -0.133. The monoisotopic (exact) mass is 433 g/mol. The Morgan fingerprint density at radius 1 is 1.28 bits per heavy atom.